The molecule has 100 valence electrons. The van der Waals surface area contributed by atoms with Gasteiger partial charge in [0.25, 0.3) is 5.91 Å². The molecule has 5 nitrogen and oxygen atoms in total. The molecule has 0 unspecified atom stereocenters. The predicted molar refractivity (Wildman–Crippen MR) is 76.8 cm³/mol. The molecule has 2 rings (SSSR count). The van der Waals surface area contributed by atoms with Gasteiger partial charge in [0, 0.05) is 24.3 Å². The van der Waals surface area contributed by atoms with E-state index in [1.54, 1.807) is 13.1 Å². The van der Waals surface area contributed by atoms with Crippen molar-refractivity contribution in [3.8, 4) is 0 Å². The highest BCUT2D eigenvalue weighted by Gasteiger charge is 2.12. The number of hydrogen-bond donors (Lipinski definition) is 2. The van der Waals surface area contributed by atoms with Crippen LogP contribution in [0.3, 0.4) is 0 Å². The van der Waals surface area contributed by atoms with E-state index >= 15 is 0 Å². The molecule has 2 N–H and O–H groups in total. The molecule has 19 heavy (non-hydrogen) atoms. The quantitative estimate of drug-likeness (QED) is 0.909. The Balaban J connectivity index is 2.07. The van der Waals surface area contributed by atoms with Crippen LogP contribution in [0.4, 0.5) is 5.82 Å². The third-order valence-electron chi connectivity index (χ3n) is 2.42. The van der Waals surface area contributed by atoms with E-state index in [0.29, 0.717) is 22.9 Å². The van der Waals surface area contributed by atoms with E-state index < -0.39 is 0 Å². The molecule has 0 aliphatic heterocycles. The molecular formula is C12H13ClN4OS. The number of aryl methyl sites for hydroxylation is 1. The predicted octanol–water partition coefficient (Wildman–Crippen LogP) is 2.47. The first kappa shape index (κ1) is 13.8. The van der Waals surface area contributed by atoms with Gasteiger partial charge < -0.3 is 10.6 Å². The SMILES string of the molecule is CNc1cc(C(=O)NCc2nc(C)cs2)c(Cl)cn1. The molecule has 0 spiro atoms. The van der Waals surface area contributed by atoms with E-state index in [-0.39, 0.29) is 5.91 Å². The van der Waals surface area contributed by atoms with Gasteiger partial charge in [-0.2, -0.15) is 0 Å². The van der Waals surface area contributed by atoms with Crippen molar-refractivity contribution in [3.63, 3.8) is 0 Å². The number of nitrogens with zero attached hydrogens (tertiary/aromatic N) is 2. The molecule has 7 heteroatoms. The molecule has 0 atom stereocenters. The highest BCUT2D eigenvalue weighted by Crippen LogP contribution is 2.18. The molecule has 0 fully saturated rings. The summed E-state index contributed by atoms with van der Waals surface area (Å²) in [4.78, 5) is 20.3. The van der Waals surface area contributed by atoms with Crippen LogP contribution in [0.15, 0.2) is 17.6 Å². The van der Waals surface area contributed by atoms with Crippen molar-refractivity contribution in [1.82, 2.24) is 15.3 Å². The maximum Gasteiger partial charge on any atom is 0.253 e. The topological polar surface area (TPSA) is 66.9 Å². The molecule has 2 aromatic heterocycles. The van der Waals surface area contributed by atoms with Crippen LogP contribution < -0.4 is 10.6 Å². The highest BCUT2D eigenvalue weighted by molar-refractivity contribution is 7.09. The summed E-state index contributed by atoms with van der Waals surface area (Å²) < 4.78 is 0. The second kappa shape index (κ2) is 5.99. The Morgan fingerprint density at radius 1 is 1.53 bits per heavy atom. The van der Waals surface area contributed by atoms with Gasteiger partial charge in [0.05, 0.1) is 17.1 Å². The van der Waals surface area contributed by atoms with Crippen molar-refractivity contribution in [2.24, 2.45) is 0 Å². The number of hydrogen-bond acceptors (Lipinski definition) is 5. The molecule has 1 amide bonds. The Bertz CT molecular complexity index is 599. The number of nitrogens with one attached hydrogen (secondary N) is 2. The zero-order valence-electron chi connectivity index (χ0n) is 10.5. The van der Waals surface area contributed by atoms with Gasteiger partial charge in [0.2, 0.25) is 0 Å². The lowest BCUT2D eigenvalue weighted by atomic mass is 10.2. The third kappa shape index (κ3) is 3.42. The van der Waals surface area contributed by atoms with E-state index in [2.05, 4.69) is 20.6 Å². The third-order valence-corrected chi connectivity index (χ3v) is 3.69. The molecule has 0 aromatic carbocycles. The van der Waals surface area contributed by atoms with Crippen molar-refractivity contribution in [1.29, 1.82) is 0 Å². The Morgan fingerprint density at radius 2 is 2.32 bits per heavy atom. The summed E-state index contributed by atoms with van der Waals surface area (Å²) >= 11 is 7.48. The van der Waals surface area contributed by atoms with Crippen molar-refractivity contribution in [2.45, 2.75) is 13.5 Å². The van der Waals surface area contributed by atoms with E-state index in [0.717, 1.165) is 10.7 Å². The van der Waals surface area contributed by atoms with E-state index in [1.807, 2.05) is 12.3 Å². The van der Waals surface area contributed by atoms with Gasteiger partial charge in [-0.25, -0.2) is 9.97 Å². The largest absolute Gasteiger partial charge is 0.373 e. The Kier molecular flexibility index (Phi) is 4.34. The fraction of sp³-hybridized carbons (Fsp3) is 0.250. The number of thiazole rings is 1. The molecular weight excluding hydrogens is 284 g/mol. The van der Waals surface area contributed by atoms with Gasteiger partial charge in [0.15, 0.2) is 0 Å². The van der Waals surface area contributed by atoms with Crippen LogP contribution in [0.25, 0.3) is 0 Å². The van der Waals surface area contributed by atoms with Crippen LogP contribution in [0.2, 0.25) is 5.02 Å². The number of halogens is 1. The van der Waals surface area contributed by atoms with Crippen molar-refractivity contribution in [3.05, 3.63) is 38.9 Å². The summed E-state index contributed by atoms with van der Waals surface area (Å²) in [6, 6.07) is 1.62. The second-order valence-corrected chi connectivity index (χ2v) is 5.21. The lowest BCUT2D eigenvalue weighted by Gasteiger charge is -2.07. The van der Waals surface area contributed by atoms with Gasteiger partial charge in [-0.05, 0) is 13.0 Å². The van der Waals surface area contributed by atoms with E-state index in [9.17, 15) is 4.79 Å². The smallest absolute Gasteiger partial charge is 0.253 e. The number of aromatic nitrogens is 2. The minimum absolute atomic E-state index is 0.239. The molecule has 0 radical (unpaired) electrons. The lowest BCUT2D eigenvalue weighted by molar-refractivity contribution is 0.0951. The number of carbonyl (C=O) groups is 1. The fourth-order valence-corrected chi connectivity index (χ4v) is 2.39. The molecule has 0 saturated heterocycles. The van der Waals surface area contributed by atoms with Gasteiger partial charge in [-0.1, -0.05) is 11.6 Å². The van der Waals surface area contributed by atoms with Crippen LogP contribution in [0.5, 0.6) is 0 Å². The van der Waals surface area contributed by atoms with Crippen molar-refractivity contribution >= 4 is 34.7 Å². The molecule has 0 bridgehead atoms. The average Bonchev–Trinajstić information content (AvgIpc) is 2.82. The molecule has 2 heterocycles. The molecule has 0 aliphatic carbocycles. The van der Waals surface area contributed by atoms with Crippen molar-refractivity contribution < 1.29 is 4.79 Å². The summed E-state index contributed by atoms with van der Waals surface area (Å²) in [7, 11) is 1.73. The first-order valence-corrected chi connectivity index (χ1v) is 6.88. The van der Waals surface area contributed by atoms with Gasteiger partial charge in [-0.15, -0.1) is 11.3 Å². The standard InChI is InChI=1S/C12H13ClN4OS/c1-7-6-19-11(17-7)5-16-12(18)8-3-10(14-2)15-4-9(8)13/h3-4,6H,5H2,1-2H3,(H,14,15)(H,16,18). The van der Waals surface area contributed by atoms with E-state index in [1.165, 1.54) is 17.5 Å². The number of amides is 1. The second-order valence-electron chi connectivity index (χ2n) is 3.86. The lowest BCUT2D eigenvalue weighted by Crippen LogP contribution is -2.23. The fourth-order valence-electron chi connectivity index (χ4n) is 1.48. The summed E-state index contributed by atoms with van der Waals surface area (Å²) in [5, 5.41) is 8.79. The van der Waals surface area contributed by atoms with Crippen LogP contribution >= 0.6 is 22.9 Å². The zero-order chi connectivity index (χ0) is 13.8. The number of carbonyl (C=O) groups excluding carboxylic acids is 1. The first-order valence-electron chi connectivity index (χ1n) is 5.62. The highest BCUT2D eigenvalue weighted by atomic mass is 35.5. The number of pyridine rings is 1. The molecule has 2 aromatic rings. The first-order chi connectivity index (χ1) is 9.10. The minimum atomic E-state index is -0.239. The van der Waals surface area contributed by atoms with Gasteiger partial charge in [0.1, 0.15) is 10.8 Å². The number of anilines is 1. The van der Waals surface area contributed by atoms with Crippen LogP contribution in [0, 0.1) is 6.92 Å². The van der Waals surface area contributed by atoms with Gasteiger partial charge in [-0.3, -0.25) is 4.79 Å². The summed E-state index contributed by atoms with van der Waals surface area (Å²) in [5.74, 6) is 0.358. The Hall–Kier alpha value is -1.66. The summed E-state index contributed by atoms with van der Waals surface area (Å²) in [6.45, 7) is 2.31. The van der Waals surface area contributed by atoms with Crippen LogP contribution in [0.1, 0.15) is 21.1 Å². The van der Waals surface area contributed by atoms with Crippen LogP contribution in [-0.2, 0) is 6.54 Å². The maximum atomic E-state index is 12.0. The van der Waals surface area contributed by atoms with Crippen molar-refractivity contribution in [2.75, 3.05) is 12.4 Å². The zero-order valence-corrected chi connectivity index (χ0v) is 12.1. The van der Waals surface area contributed by atoms with Gasteiger partial charge >= 0.3 is 0 Å². The maximum absolute atomic E-state index is 12.0. The van der Waals surface area contributed by atoms with Crippen LogP contribution in [-0.4, -0.2) is 22.9 Å². The Morgan fingerprint density at radius 3 is 2.95 bits per heavy atom. The normalized spacial score (nSPS) is 10.3. The monoisotopic (exact) mass is 296 g/mol. The Labute approximate surface area is 120 Å². The summed E-state index contributed by atoms with van der Waals surface area (Å²) in [5.41, 5.74) is 1.35. The number of rotatable bonds is 4. The minimum Gasteiger partial charge on any atom is -0.373 e. The molecule has 0 aliphatic rings. The average molecular weight is 297 g/mol. The summed E-state index contributed by atoms with van der Waals surface area (Å²) in [6.07, 6.45) is 1.45. The molecule has 0 saturated carbocycles. The van der Waals surface area contributed by atoms with E-state index in [4.69, 9.17) is 11.6 Å².